The summed E-state index contributed by atoms with van der Waals surface area (Å²) in [6.45, 7) is 0.560. The molecule has 0 bridgehead atoms. The van der Waals surface area contributed by atoms with Gasteiger partial charge in [0.25, 0.3) is 5.91 Å². The van der Waals surface area contributed by atoms with Gasteiger partial charge in [0.1, 0.15) is 0 Å². The first kappa shape index (κ1) is 15.6. The van der Waals surface area contributed by atoms with E-state index in [0.717, 1.165) is 11.0 Å². The van der Waals surface area contributed by atoms with E-state index in [1.165, 1.54) is 4.88 Å². The first-order valence-corrected chi connectivity index (χ1v) is 8.22. The zero-order valence-electron chi connectivity index (χ0n) is 13.1. The molecule has 3 aromatic rings. The van der Waals surface area contributed by atoms with Crippen LogP contribution in [0.3, 0.4) is 0 Å². The maximum atomic E-state index is 12.4. The summed E-state index contributed by atoms with van der Waals surface area (Å²) < 4.78 is 0. The number of benzene rings is 1. The average molecular weight is 326 g/mol. The molecule has 0 spiro atoms. The molecule has 23 heavy (non-hydrogen) atoms. The maximum absolute atomic E-state index is 12.4. The number of hydrogen-bond donors (Lipinski definition) is 1. The normalized spacial score (nSPS) is 12.5. The molecule has 0 radical (unpaired) electrons. The first-order valence-electron chi connectivity index (χ1n) is 7.34. The van der Waals surface area contributed by atoms with Gasteiger partial charge in [0.2, 0.25) is 0 Å². The Labute approximate surface area is 139 Å². The number of carbonyl (C=O) groups is 1. The van der Waals surface area contributed by atoms with Gasteiger partial charge in [0.05, 0.1) is 17.1 Å². The van der Waals surface area contributed by atoms with E-state index < -0.39 is 0 Å². The molecular weight excluding hydrogens is 308 g/mol. The minimum atomic E-state index is -0.0963. The van der Waals surface area contributed by atoms with Gasteiger partial charge in [0, 0.05) is 29.4 Å². The Hall–Kier alpha value is -2.31. The number of aromatic nitrogens is 2. The summed E-state index contributed by atoms with van der Waals surface area (Å²) in [5.41, 5.74) is 2.11. The number of thiophene rings is 1. The van der Waals surface area contributed by atoms with Crippen LogP contribution in [0.25, 0.3) is 11.0 Å². The van der Waals surface area contributed by atoms with Crippen LogP contribution >= 0.6 is 11.3 Å². The van der Waals surface area contributed by atoms with Crippen molar-refractivity contribution in [3.63, 3.8) is 0 Å². The number of carbonyl (C=O) groups excluding carboxylic acids is 1. The van der Waals surface area contributed by atoms with Gasteiger partial charge in [-0.3, -0.25) is 14.8 Å². The Balaban J connectivity index is 1.72. The van der Waals surface area contributed by atoms with Gasteiger partial charge < -0.3 is 10.2 Å². The molecule has 0 unspecified atom stereocenters. The third kappa shape index (κ3) is 3.55. The van der Waals surface area contributed by atoms with E-state index in [0.29, 0.717) is 12.1 Å². The molecule has 1 amide bonds. The van der Waals surface area contributed by atoms with Gasteiger partial charge in [-0.2, -0.15) is 0 Å². The lowest BCUT2D eigenvalue weighted by Crippen LogP contribution is -2.34. The number of nitrogens with zero attached hydrogens (tertiary/aromatic N) is 3. The Bertz CT molecular complexity index is 801. The van der Waals surface area contributed by atoms with Crippen molar-refractivity contribution in [1.82, 2.24) is 20.2 Å². The molecule has 0 fully saturated rings. The molecular formula is C17H18N4OS. The highest BCUT2D eigenvalue weighted by molar-refractivity contribution is 7.10. The molecule has 0 aliphatic heterocycles. The second kappa shape index (κ2) is 6.85. The number of rotatable bonds is 5. The van der Waals surface area contributed by atoms with Gasteiger partial charge >= 0.3 is 0 Å². The zero-order valence-corrected chi connectivity index (χ0v) is 13.9. The van der Waals surface area contributed by atoms with E-state index in [2.05, 4.69) is 31.6 Å². The predicted octanol–water partition coefficient (Wildman–Crippen LogP) is 2.72. The van der Waals surface area contributed by atoms with Gasteiger partial charge in [-0.25, -0.2) is 0 Å². The fourth-order valence-corrected chi connectivity index (χ4v) is 3.34. The minimum Gasteiger partial charge on any atom is -0.350 e. The topological polar surface area (TPSA) is 58.1 Å². The van der Waals surface area contributed by atoms with Crippen LogP contribution in [0.1, 0.15) is 21.3 Å². The fourth-order valence-electron chi connectivity index (χ4n) is 2.41. The van der Waals surface area contributed by atoms with Crippen molar-refractivity contribution < 1.29 is 4.79 Å². The molecule has 2 heterocycles. The van der Waals surface area contributed by atoms with Crippen molar-refractivity contribution in [1.29, 1.82) is 0 Å². The van der Waals surface area contributed by atoms with Crippen LogP contribution in [-0.2, 0) is 0 Å². The summed E-state index contributed by atoms with van der Waals surface area (Å²) in [4.78, 5) is 24.2. The first-order chi connectivity index (χ1) is 11.1. The SMILES string of the molecule is CN(C)[C@@H](CNC(=O)c1ccc2nccnc2c1)c1cccs1. The van der Waals surface area contributed by atoms with Crippen LogP contribution < -0.4 is 5.32 Å². The number of amides is 1. The molecule has 0 saturated carbocycles. The van der Waals surface area contributed by atoms with E-state index in [1.54, 1.807) is 35.9 Å². The maximum Gasteiger partial charge on any atom is 0.251 e. The Kier molecular flexibility index (Phi) is 4.64. The molecule has 0 aliphatic carbocycles. The van der Waals surface area contributed by atoms with Gasteiger partial charge in [-0.1, -0.05) is 6.07 Å². The Morgan fingerprint density at radius 3 is 2.70 bits per heavy atom. The van der Waals surface area contributed by atoms with Crippen LogP contribution in [0, 0.1) is 0 Å². The van der Waals surface area contributed by atoms with Crippen molar-refractivity contribution in [2.24, 2.45) is 0 Å². The highest BCUT2D eigenvalue weighted by Gasteiger charge is 2.17. The molecule has 1 atom stereocenters. The third-order valence-corrected chi connectivity index (χ3v) is 4.66. The van der Waals surface area contributed by atoms with E-state index in [-0.39, 0.29) is 11.9 Å². The molecule has 1 aromatic carbocycles. The van der Waals surface area contributed by atoms with Crippen LogP contribution in [0.2, 0.25) is 0 Å². The van der Waals surface area contributed by atoms with Crippen LogP contribution in [0.15, 0.2) is 48.1 Å². The molecule has 2 aromatic heterocycles. The predicted molar refractivity (Wildman–Crippen MR) is 92.6 cm³/mol. The van der Waals surface area contributed by atoms with Gasteiger partial charge in [-0.15, -0.1) is 11.3 Å². The fraction of sp³-hybridized carbons (Fsp3) is 0.235. The molecule has 118 valence electrons. The highest BCUT2D eigenvalue weighted by Crippen LogP contribution is 2.22. The standard InChI is InChI=1S/C17H18N4OS/c1-21(2)15(16-4-3-9-23-16)11-20-17(22)12-5-6-13-14(10-12)19-8-7-18-13/h3-10,15H,11H2,1-2H3,(H,20,22)/t15-/m0/s1. The molecule has 3 rings (SSSR count). The summed E-state index contributed by atoms with van der Waals surface area (Å²) in [7, 11) is 4.03. The number of hydrogen-bond acceptors (Lipinski definition) is 5. The molecule has 0 saturated heterocycles. The van der Waals surface area contributed by atoms with Crippen molar-refractivity contribution in [3.05, 3.63) is 58.5 Å². The van der Waals surface area contributed by atoms with E-state index in [9.17, 15) is 4.79 Å². The van der Waals surface area contributed by atoms with Crippen LogP contribution in [-0.4, -0.2) is 41.4 Å². The Morgan fingerprint density at radius 2 is 2.00 bits per heavy atom. The third-order valence-electron chi connectivity index (χ3n) is 3.68. The number of fused-ring (bicyclic) bond motifs is 1. The lowest BCUT2D eigenvalue weighted by Gasteiger charge is -2.23. The van der Waals surface area contributed by atoms with Crippen molar-refractivity contribution in [3.8, 4) is 0 Å². The lowest BCUT2D eigenvalue weighted by molar-refractivity contribution is 0.0942. The van der Waals surface area contributed by atoms with E-state index >= 15 is 0 Å². The summed E-state index contributed by atoms with van der Waals surface area (Å²) in [6, 6.07) is 9.66. The quantitative estimate of drug-likeness (QED) is 0.783. The van der Waals surface area contributed by atoms with Crippen molar-refractivity contribution in [2.45, 2.75) is 6.04 Å². The van der Waals surface area contributed by atoms with E-state index in [1.807, 2.05) is 26.2 Å². The smallest absolute Gasteiger partial charge is 0.251 e. The zero-order chi connectivity index (χ0) is 16.2. The number of nitrogens with one attached hydrogen (secondary N) is 1. The van der Waals surface area contributed by atoms with Gasteiger partial charge in [-0.05, 0) is 43.7 Å². The van der Waals surface area contributed by atoms with Crippen LogP contribution in [0.4, 0.5) is 0 Å². The van der Waals surface area contributed by atoms with Crippen molar-refractivity contribution in [2.75, 3.05) is 20.6 Å². The summed E-state index contributed by atoms with van der Waals surface area (Å²) in [5, 5.41) is 5.06. The molecule has 1 N–H and O–H groups in total. The molecule has 5 nitrogen and oxygen atoms in total. The Morgan fingerprint density at radius 1 is 1.22 bits per heavy atom. The monoisotopic (exact) mass is 326 g/mol. The second-order valence-corrected chi connectivity index (χ2v) is 6.44. The lowest BCUT2D eigenvalue weighted by atomic mass is 10.1. The van der Waals surface area contributed by atoms with E-state index in [4.69, 9.17) is 0 Å². The highest BCUT2D eigenvalue weighted by atomic mass is 32.1. The minimum absolute atomic E-state index is 0.0963. The largest absolute Gasteiger partial charge is 0.350 e. The molecule has 6 heteroatoms. The van der Waals surface area contributed by atoms with Crippen LogP contribution in [0.5, 0.6) is 0 Å². The van der Waals surface area contributed by atoms with Gasteiger partial charge in [0.15, 0.2) is 0 Å². The summed E-state index contributed by atoms with van der Waals surface area (Å²) in [5.74, 6) is -0.0963. The molecule has 0 aliphatic rings. The average Bonchev–Trinajstić information content (AvgIpc) is 3.08. The summed E-state index contributed by atoms with van der Waals surface area (Å²) >= 11 is 1.70. The second-order valence-electron chi connectivity index (χ2n) is 5.46. The summed E-state index contributed by atoms with van der Waals surface area (Å²) in [6.07, 6.45) is 3.27. The number of likely N-dealkylation sites (N-methyl/N-ethyl adjacent to an activating group) is 1. The van der Waals surface area contributed by atoms with Crippen molar-refractivity contribution >= 4 is 28.3 Å².